The second kappa shape index (κ2) is 8.91. The molecule has 0 saturated heterocycles. The monoisotopic (exact) mass is 476 g/mol. The number of hydrogen-bond acceptors (Lipinski definition) is 3. The van der Waals surface area contributed by atoms with Crippen LogP contribution in [0.1, 0.15) is 55.9 Å². The molecular formula is C33H32O3. The van der Waals surface area contributed by atoms with Crippen LogP contribution in [0.4, 0.5) is 0 Å². The number of phenolic OH excluding ortho intramolecular Hbond substituents is 3. The normalized spacial score (nSPS) is 17.0. The van der Waals surface area contributed by atoms with Gasteiger partial charge in [0.25, 0.3) is 0 Å². The second-order valence-electron chi connectivity index (χ2n) is 10.3. The van der Waals surface area contributed by atoms with Gasteiger partial charge in [0.1, 0.15) is 17.2 Å². The maximum absolute atomic E-state index is 11.3. The van der Waals surface area contributed by atoms with Crippen molar-refractivity contribution in [3.8, 4) is 17.2 Å². The molecule has 4 aromatic rings. The Labute approximate surface area is 212 Å². The number of fused-ring (bicyclic) bond motifs is 1. The Morgan fingerprint density at radius 2 is 1.33 bits per heavy atom. The van der Waals surface area contributed by atoms with Crippen molar-refractivity contribution >= 4 is 11.6 Å². The predicted octanol–water partition coefficient (Wildman–Crippen LogP) is 5.86. The van der Waals surface area contributed by atoms with Crippen molar-refractivity contribution in [1.29, 1.82) is 0 Å². The maximum Gasteiger partial charge on any atom is 0.123 e. The van der Waals surface area contributed by atoms with Crippen LogP contribution in [0, 0.1) is 0 Å². The van der Waals surface area contributed by atoms with Gasteiger partial charge in [0.15, 0.2) is 0 Å². The molecule has 1 aliphatic carbocycles. The van der Waals surface area contributed by atoms with E-state index < -0.39 is 5.41 Å². The highest BCUT2D eigenvalue weighted by atomic mass is 16.3. The fourth-order valence-electron chi connectivity index (χ4n) is 5.71. The second-order valence-corrected chi connectivity index (χ2v) is 10.3. The molecule has 0 aliphatic heterocycles. The Morgan fingerprint density at radius 1 is 0.722 bits per heavy atom. The first-order valence-corrected chi connectivity index (χ1v) is 12.5. The summed E-state index contributed by atoms with van der Waals surface area (Å²) >= 11 is 0. The lowest BCUT2D eigenvalue weighted by Gasteiger charge is -2.34. The Hall–Kier alpha value is -3.98. The minimum atomic E-state index is -0.440. The van der Waals surface area contributed by atoms with Crippen LogP contribution >= 0.6 is 0 Å². The van der Waals surface area contributed by atoms with Crippen LogP contribution < -0.4 is 10.4 Å². The molecule has 0 radical (unpaired) electrons. The molecule has 3 heteroatoms. The standard InChI is InChI=1S/C33H32O3/c1-4-19-33(24-11-16-27(35)17-12-24)21-22-7-5-6-8-28(22)31(33)29-20-25(13-18-30(29)36)32(2,3)23-9-14-26(34)15-10-23/h5-18,20-21,34-36H,4,19H2,1-3H3. The molecule has 36 heavy (non-hydrogen) atoms. The van der Waals surface area contributed by atoms with Crippen LogP contribution in [0.3, 0.4) is 0 Å². The zero-order chi connectivity index (χ0) is 25.5. The lowest BCUT2D eigenvalue weighted by molar-refractivity contribution is 0.470. The van der Waals surface area contributed by atoms with Crippen molar-refractivity contribution in [3.05, 3.63) is 124 Å². The first kappa shape index (κ1) is 23.7. The molecule has 182 valence electrons. The van der Waals surface area contributed by atoms with E-state index in [1.165, 1.54) is 0 Å². The number of phenols is 3. The summed E-state index contributed by atoms with van der Waals surface area (Å²) in [6.45, 7) is 6.50. The molecule has 1 aliphatic rings. The van der Waals surface area contributed by atoms with Gasteiger partial charge in [-0.15, -0.1) is 0 Å². The van der Waals surface area contributed by atoms with Crippen LogP contribution in [0.2, 0.25) is 0 Å². The summed E-state index contributed by atoms with van der Waals surface area (Å²) in [6, 6.07) is 29.1. The number of hydrogen-bond donors (Lipinski definition) is 3. The summed E-state index contributed by atoms with van der Waals surface area (Å²) in [5.74, 6) is 0.732. The van der Waals surface area contributed by atoms with Gasteiger partial charge >= 0.3 is 0 Å². The van der Waals surface area contributed by atoms with E-state index in [9.17, 15) is 15.3 Å². The smallest absolute Gasteiger partial charge is 0.123 e. The van der Waals surface area contributed by atoms with Crippen LogP contribution in [0.15, 0.2) is 91.0 Å². The van der Waals surface area contributed by atoms with Crippen molar-refractivity contribution in [1.82, 2.24) is 0 Å². The lowest BCUT2D eigenvalue weighted by atomic mass is 9.69. The van der Waals surface area contributed by atoms with Crippen molar-refractivity contribution in [2.75, 3.05) is 0 Å². The van der Waals surface area contributed by atoms with Crippen LogP contribution in [-0.2, 0) is 10.8 Å². The maximum atomic E-state index is 11.3. The van der Waals surface area contributed by atoms with E-state index >= 15 is 0 Å². The summed E-state index contributed by atoms with van der Waals surface area (Å²) < 4.78 is 0. The van der Waals surface area contributed by atoms with Crippen molar-refractivity contribution < 1.29 is 15.3 Å². The van der Waals surface area contributed by atoms with Gasteiger partial charge in [0.05, 0.1) is 0 Å². The molecule has 1 unspecified atom stereocenters. The SMILES string of the molecule is CCCC1(c2ccc(O)cc2)C=c2ccccc2=C1c1cc(C(C)(C)c2ccc(O)cc2)ccc1O. The largest absolute Gasteiger partial charge is 0.508 e. The van der Waals surface area contributed by atoms with E-state index in [1.54, 1.807) is 30.3 Å². The molecule has 0 heterocycles. The molecule has 0 aromatic heterocycles. The number of rotatable bonds is 6. The summed E-state index contributed by atoms with van der Waals surface area (Å²) in [7, 11) is 0. The van der Waals surface area contributed by atoms with Crippen molar-refractivity contribution in [2.45, 2.75) is 44.4 Å². The third-order valence-electron chi connectivity index (χ3n) is 7.68. The highest BCUT2D eigenvalue weighted by molar-refractivity contribution is 5.88. The average molecular weight is 477 g/mol. The van der Waals surface area contributed by atoms with E-state index in [0.717, 1.165) is 51.1 Å². The Balaban J connectivity index is 1.78. The topological polar surface area (TPSA) is 60.7 Å². The molecule has 5 rings (SSSR count). The van der Waals surface area contributed by atoms with Crippen LogP contribution in [-0.4, -0.2) is 15.3 Å². The van der Waals surface area contributed by atoms with Gasteiger partial charge in [-0.25, -0.2) is 0 Å². The summed E-state index contributed by atoms with van der Waals surface area (Å²) in [5.41, 5.74) is 4.38. The molecule has 3 nitrogen and oxygen atoms in total. The minimum Gasteiger partial charge on any atom is -0.508 e. The number of benzene rings is 4. The fourth-order valence-corrected chi connectivity index (χ4v) is 5.71. The molecule has 1 atom stereocenters. The minimum absolute atomic E-state index is 0.239. The van der Waals surface area contributed by atoms with E-state index in [1.807, 2.05) is 36.4 Å². The average Bonchev–Trinajstić information content (AvgIpc) is 3.20. The van der Waals surface area contributed by atoms with Gasteiger partial charge in [-0.05, 0) is 75.5 Å². The third kappa shape index (κ3) is 3.85. The molecule has 0 fully saturated rings. The zero-order valence-electron chi connectivity index (χ0n) is 21.0. The molecule has 0 saturated carbocycles. The molecular weight excluding hydrogens is 444 g/mol. The Morgan fingerprint density at radius 3 is 2.00 bits per heavy atom. The van der Waals surface area contributed by atoms with Gasteiger partial charge in [-0.3, -0.25) is 0 Å². The van der Waals surface area contributed by atoms with E-state index in [2.05, 4.69) is 51.1 Å². The van der Waals surface area contributed by atoms with E-state index in [-0.39, 0.29) is 22.7 Å². The molecule has 0 spiro atoms. The molecule has 0 bridgehead atoms. The highest BCUT2D eigenvalue weighted by Crippen LogP contribution is 2.47. The molecule has 4 aromatic carbocycles. The van der Waals surface area contributed by atoms with Crippen LogP contribution in [0.25, 0.3) is 11.6 Å². The van der Waals surface area contributed by atoms with Crippen molar-refractivity contribution in [2.24, 2.45) is 0 Å². The summed E-state index contributed by atoms with van der Waals surface area (Å²) in [4.78, 5) is 0. The van der Waals surface area contributed by atoms with E-state index in [0.29, 0.717) is 0 Å². The lowest BCUT2D eigenvalue weighted by Crippen LogP contribution is -2.27. The van der Waals surface area contributed by atoms with Crippen LogP contribution in [0.5, 0.6) is 17.2 Å². The Kier molecular flexibility index (Phi) is 5.88. The summed E-state index contributed by atoms with van der Waals surface area (Å²) in [5, 5.41) is 33.3. The van der Waals surface area contributed by atoms with E-state index in [4.69, 9.17) is 0 Å². The van der Waals surface area contributed by atoms with Crippen molar-refractivity contribution in [3.63, 3.8) is 0 Å². The zero-order valence-corrected chi connectivity index (χ0v) is 21.0. The fraction of sp³-hybridized carbons (Fsp3) is 0.212. The third-order valence-corrected chi connectivity index (χ3v) is 7.68. The predicted molar refractivity (Wildman–Crippen MR) is 146 cm³/mol. The van der Waals surface area contributed by atoms with Gasteiger partial charge < -0.3 is 15.3 Å². The highest BCUT2D eigenvalue weighted by Gasteiger charge is 2.39. The van der Waals surface area contributed by atoms with Gasteiger partial charge in [0, 0.05) is 16.4 Å². The van der Waals surface area contributed by atoms with Gasteiger partial charge in [-0.1, -0.05) is 87.9 Å². The van der Waals surface area contributed by atoms with Gasteiger partial charge in [0.2, 0.25) is 0 Å². The first-order valence-electron chi connectivity index (χ1n) is 12.5. The quantitative estimate of drug-likeness (QED) is 0.327. The molecule has 3 N–H and O–H groups in total. The molecule has 0 amide bonds. The van der Waals surface area contributed by atoms with Gasteiger partial charge in [-0.2, -0.15) is 0 Å². The first-order chi connectivity index (χ1) is 17.3. The number of aromatic hydroxyl groups is 3. The summed E-state index contributed by atoms with van der Waals surface area (Å²) in [6.07, 6.45) is 4.14. The Bertz CT molecular complexity index is 1530.